The fourth-order valence-corrected chi connectivity index (χ4v) is 3.58. The van der Waals surface area contributed by atoms with Crippen LogP contribution in [0.3, 0.4) is 0 Å². The number of benzene rings is 1. The van der Waals surface area contributed by atoms with E-state index in [0.29, 0.717) is 4.90 Å². The maximum atomic E-state index is 12.3. The molecule has 1 heterocycles. The van der Waals surface area contributed by atoms with Gasteiger partial charge in [0.05, 0.1) is 11.1 Å². The van der Waals surface area contributed by atoms with Crippen LogP contribution in [-0.2, 0) is 29.4 Å². The van der Waals surface area contributed by atoms with E-state index in [1.165, 1.54) is 5.56 Å². The molecule has 0 saturated heterocycles. The molecule has 1 aliphatic carbocycles. The number of aromatic amines is 1. The second-order valence-electron chi connectivity index (χ2n) is 5.13. The minimum absolute atomic E-state index is 0.252. The van der Waals surface area contributed by atoms with Gasteiger partial charge in [-0.25, -0.2) is 13.1 Å². The molecule has 0 amide bonds. The monoisotopic (exact) mass is 291 g/mol. The minimum atomic E-state index is -3.47. The average Bonchev–Trinajstić information content (AvgIpc) is 3.04. The van der Waals surface area contributed by atoms with E-state index in [-0.39, 0.29) is 6.54 Å². The highest BCUT2D eigenvalue weighted by Crippen LogP contribution is 2.24. The summed E-state index contributed by atoms with van der Waals surface area (Å²) in [6.45, 7) is 2.12. The van der Waals surface area contributed by atoms with Gasteiger partial charge in [-0.2, -0.15) is 5.10 Å². The van der Waals surface area contributed by atoms with Crippen LogP contribution in [0.2, 0.25) is 0 Å². The lowest BCUT2D eigenvalue weighted by atomic mass is 10.1. The summed E-state index contributed by atoms with van der Waals surface area (Å²) >= 11 is 0. The fourth-order valence-electron chi connectivity index (χ4n) is 2.53. The van der Waals surface area contributed by atoms with Crippen LogP contribution in [0, 0.1) is 6.92 Å². The zero-order chi connectivity index (χ0) is 14.2. The van der Waals surface area contributed by atoms with Gasteiger partial charge in [0.25, 0.3) is 0 Å². The molecule has 0 unspecified atom stereocenters. The van der Waals surface area contributed by atoms with Crippen molar-refractivity contribution < 1.29 is 8.42 Å². The molecule has 1 aromatic heterocycles. The van der Waals surface area contributed by atoms with Gasteiger partial charge in [0, 0.05) is 17.8 Å². The van der Waals surface area contributed by atoms with E-state index in [2.05, 4.69) is 14.9 Å². The predicted molar refractivity (Wildman–Crippen MR) is 75.8 cm³/mol. The zero-order valence-electron chi connectivity index (χ0n) is 11.3. The molecular formula is C14H17N3O2S. The lowest BCUT2D eigenvalue weighted by molar-refractivity contribution is 0.581. The Labute approximate surface area is 118 Å². The molecule has 0 spiro atoms. The van der Waals surface area contributed by atoms with Crippen LogP contribution < -0.4 is 4.72 Å². The van der Waals surface area contributed by atoms with Gasteiger partial charge >= 0.3 is 0 Å². The van der Waals surface area contributed by atoms with Crippen molar-refractivity contribution in [3.63, 3.8) is 0 Å². The van der Waals surface area contributed by atoms with E-state index in [4.69, 9.17) is 0 Å². The lowest BCUT2D eigenvalue weighted by Crippen LogP contribution is -2.23. The number of rotatable bonds is 4. The first kappa shape index (κ1) is 13.3. The molecule has 20 heavy (non-hydrogen) atoms. The summed E-state index contributed by atoms with van der Waals surface area (Å²) in [7, 11) is -3.47. The second kappa shape index (κ2) is 5.03. The third kappa shape index (κ3) is 2.48. The maximum Gasteiger partial charge on any atom is 0.240 e. The summed E-state index contributed by atoms with van der Waals surface area (Å²) in [4.78, 5) is 0.347. The van der Waals surface area contributed by atoms with E-state index >= 15 is 0 Å². The van der Waals surface area contributed by atoms with Crippen molar-refractivity contribution in [1.82, 2.24) is 14.9 Å². The molecule has 2 aromatic rings. The normalized spacial score (nSPS) is 14.4. The molecule has 1 aliphatic rings. The van der Waals surface area contributed by atoms with Crippen LogP contribution in [0.5, 0.6) is 0 Å². The van der Waals surface area contributed by atoms with Crippen molar-refractivity contribution in [1.29, 1.82) is 0 Å². The smallest absolute Gasteiger partial charge is 0.240 e. The molecular weight excluding hydrogens is 274 g/mol. The Hall–Kier alpha value is -1.66. The van der Waals surface area contributed by atoms with Gasteiger partial charge in [0.2, 0.25) is 10.0 Å². The third-order valence-corrected chi connectivity index (χ3v) is 5.17. The highest BCUT2D eigenvalue weighted by molar-refractivity contribution is 7.89. The largest absolute Gasteiger partial charge is 0.283 e. The predicted octanol–water partition coefficient (Wildman–Crippen LogP) is 1.69. The first-order valence-electron chi connectivity index (χ1n) is 6.66. The summed E-state index contributed by atoms with van der Waals surface area (Å²) in [5, 5.41) is 6.68. The number of H-pyrrole nitrogens is 1. The van der Waals surface area contributed by atoms with Crippen molar-refractivity contribution >= 4 is 10.0 Å². The maximum absolute atomic E-state index is 12.3. The van der Waals surface area contributed by atoms with Crippen LogP contribution >= 0.6 is 0 Å². The first-order chi connectivity index (χ1) is 9.56. The van der Waals surface area contributed by atoms with Crippen LogP contribution in [0.25, 0.3) is 0 Å². The Bertz CT molecular complexity index is 735. The molecule has 0 atom stereocenters. The van der Waals surface area contributed by atoms with E-state index in [1.54, 1.807) is 18.3 Å². The SMILES string of the molecule is Cc1[nH]ncc1CNS(=O)(=O)c1ccc2c(c1)CCC2. The first-order valence-corrected chi connectivity index (χ1v) is 8.15. The van der Waals surface area contributed by atoms with E-state index in [1.807, 2.05) is 13.0 Å². The van der Waals surface area contributed by atoms with Gasteiger partial charge in [-0.15, -0.1) is 0 Å². The molecule has 0 aliphatic heterocycles. The highest BCUT2D eigenvalue weighted by Gasteiger charge is 2.18. The molecule has 5 nitrogen and oxygen atoms in total. The molecule has 1 aromatic carbocycles. The van der Waals surface area contributed by atoms with Crippen LogP contribution in [0.4, 0.5) is 0 Å². The number of fused-ring (bicyclic) bond motifs is 1. The van der Waals surface area contributed by atoms with Gasteiger partial charge in [-0.1, -0.05) is 6.07 Å². The minimum Gasteiger partial charge on any atom is -0.283 e. The van der Waals surface area contributed by atoms with Gasteiger partial charge < -0.3 is 0 Å². The molecule has 0 bridgehead atoms. The van der Waals surface area contributed by atoms with Gasteiger partial charge in [0.15, 0.2) is 0 Å². The summed E-state index contributed by atoms with van der Waals surface area (Å²) < 4.78 is 27.2. The second-order valence-corrected chi connectivity index (χ2v) is 6.90. The van der Waals surface area contributed by atoms with E-state index in [9.17, 15) is 8.42 Å². The highest BCUT2D eigenvalue weighted by atomic mass is 32.2. The van der Waals surface area contributed by atoms with Crippen molar-refractivity contribution in [2.24, 2.45) is 0 Å². The molecule has 3 rings (SSSR count). The fraction of sp³-hybridized carbons (Fsp3) is 0.357. The number of aryl methyl sites for hydroxylation is 3. The third-order valence-electron chi connectivity index (χ3n) is 3.77. The summed E-state index contributed by atoms with van der Waals surface area (Å²) in [5.74, 6) is 0. The molecule has 106 valence electrons. The molecule has 0 radical (unpaired) electrons. The number of hydrogen-bond acceptors (Lipinski definition) is 3. The molecule has 0 saturated carbocycles. The Morgan fingerprint density at radius 3 is 2.85 bits per heavy atom. The molecule has 6 heteroatoms. The van der Waals surface area contributed by atoms with Gasteiger partial charge in [-0.3, -0.25) is 5.10 Å². The van der Waals surface area contributed by atoms with Crippen molar-refractivity contribution in [3.8, 4) is 0 Å². The number of nitrogens with zero attached hydrogens (tertiary/aromatic N) is 1. The average molecular weight is 291 g/mol. The Morgan fingerprint density at radius 1 is 1.30 bits per heavy atom. The Morgan fingerprint density at radius 2 is 2.10 bits per heavy atom. The summed E-state index contributed by atoms with van der Waals surface area (Å²) in [6, 6.07) is 5.42. The quantitative estimate of drug-likeness (QED) is 0.900. The topological polar surface area (TPSA) is 74.8 Å². The number of aromatic nitrogens is 2. The van der Waals surface area contributed by atoms with E-state index < -0.39 is 10.0 Å². The number of nitrogens with one attached hydrogen (secondary N) is 2. The van der Waals surface area contributed by atoms with Crippen molar-refractivity contribution in [2.75, 3.05) is 0 Å². The summed E-state index contributed by atoms with van der Waals surface area (Å²) in [5.41, 5.74) is 4.17. The van der Waals surface area contributed by atoms with Crippen LogP contribution in [-0.4, -0.2) is 18.6 Å². The van der Waals surface area contributed by atoms with E-state index in [0.717, 1.165) is 36.1 Å². The van der Waals surface area contributed by atoms with Crippen molar-refractivity contribution in [3.05, 3.63) is 46.8 Å². The number of hydrogen-bond donors (Lipinski definition) is 2. The Kier molecular flexibility index (Phi) is 3.35. The zero-order valence-corrected chi connectivity index (χ0v) is 12.1. The Balaban J connectivity index is 1.80. The molecule has 0 fully saturated rings. The van der Waals surface area contributed by atoms with Gasteiger partial charge in [0.1, 0.15) is 0 Å². The van der Waals surface area contributed by atoms with Crippen LogP contribution in [0.1, 0.15) is 28.8 Å². The van der Waals surface area contributed by atoms with Crippen molar-refractivity contribution in [2.45, 2.75) is 37.6 Å². The molecule has 2 N–H and O–H groups in total. The van der Waals surface area contributed by atoms with Crippen LogP contribution in [0.15, 0.2) is 29.3 Å². The standard InChI is InChI=1S/C14H17N3O2S/c1-10-13(8-15-17-10)9-16-20(18,19)14-6-5-11-3-2-4-12(11)7-14/h5-8,16H,2-4,9H2,1H3,(H,15,17). The van der Waals surface area contributed by atoms with Gasteiger partial charge in [-0.05, 0) is 49.4 Å². The number of sulfonamides is 1. The summed E-state index contributed by atoms with van der Waals surface area (Å²) in [6.07, 6.45) is 4.78. The lowest BCUT2D eigenvalue weighted by Gasteiger charge is -2.08.